The Morgan fingerprint density at radius 3 is 2.43 bits per heavy atom. The zero-order chi connectivity index (χ0) is 17.0. The molecule has 0 saturated carbocycles. The van der Waals surface area contributed by atoms with Gasteiger partial charge in [0.05, 0.1) is 6.26 Å². The van der Waals surface area contributed by atoms with E-state index in [4.69, 9.17) is 0 Å². The second-order valence-electron chi connectivity index (χ2n) is 5.72. The molecule has 1 saturated heterocycles. The van der Waals surface area contributed by atoms with Crippen molar-refractivity contribution in [3.8, 4) is 0 Å². The molecule has 1 heterocycles. The second kappa shape index (κ2) is 7.10. The number of nitrogens with one attached hydrogen (secondary N) is 2. The Balaban J connectivity index is 1.98. The van der Waals surface area contributed by atoms with Crippen LogP contribution in [0.15, 0.2) is 24.3 Å². The van der Waals surface area contributed by atoms with Crippen molar-refractivity contribution in [2.24, 2.45) is 0 Å². The van der Waals surface area contributed by atoms with E-state index in [9.17, 15) is 18.0 Å². The first kappa shape index (κ1) is 17.4. The summed E-state index contributed by atoms with van der Waals surface area (Å²) < 4.78 is 25.0. The maximum Gasteiger partial charge on any atom is 0.253 e. The number of benzene rings is 1. The maximum absolute atomic E-state index is 12.5. The molecule has 8 heteroatoms. The van der Waals surface area contributed by atoms with Crippen molar-refractivity contribution in [3.05, 3.63) is 29.8 Å². The molecule has 126 valence electrons. The van der Waals surface area contributed by atoms with Gasteiger partial charge in [0.25, 0.3) is 5.91 Å². The number of hydrogen-bond donors (Lipinski definition) is 2. The van der Waals surface area contributed by atoms with Crippen LogP contribution in [0.1, 0.15) is 30.1 Å². The number of sulfonamides is 1. The summed E-state index contributed by atoms with van der Waals surface area (Å²) in [6, 6.07) is 6.66. The van der Waals surface area contributed by atoms with Crippen molar-refractivity contribution in [1.29, 1.82) is 0 Å². The van der Waals surface area contributed by atoms with Crippen molar-refractivity contribution < 1.29 is 18.0 Å². The predicted octanol–water partition coefficient (Wildman–Crippen LogP) is 0.799. The fraction of sp³-hybridized carbons (Fsp3) is 0.467. The summed E-state index contributed by atoms with van der Waals surface area (Å²) in [4.78, 5) is 25.3. The lowest BCUT2D eigenvalue weighted by Gasteiger charge is -2.32. The quantitative estimate of drug-likeness (QED) is 0.848. The van der Waals surface area contributed by atoms with Crippen molar-refractivity contribution in [2.75, 3.05) is 24.7 Å². The normalized spacial score (nSPS) is 16.2. The smallest absolute Gasteiger partial charge is 0.253 e. The van der Waals surface area contributed by atoms with Crippen LogP contribution in [0, 0.1) is 0 Å². The summed E-state index contributed by atoms with van der Waals surface area (Å²) >= 11 is 0. The number of nitrogens with zero attached hydrogens (tertiary/aromatic N) is 1. The average Bonchev–Trinajstić information content (AvgIpc) is 2.45. The van der Waals surface area contributed by atoms with Crippen LogP contribution < -0.4 is 10.0 Å². The summed E-state index contributed by atoms with van der Waals surface area (Å²) in [6.45, 7) is 2.40. The molecule has 0 radical (unpaired) electrons. The van der Waals surface area contributed by atoms with Gasteiger partial charge in [0.2, 0.25) is 15.9 Å². The van der Waals surface area contributed by atoms with Crippen LogP contribution >= 0.6 is 0 Å². The van der Waals surface area contributed by atoms with Gasteiger partial charge in [-0.15, -0.1) is 0 Å². The van der Waals surface area contributed by atoms with Crippen LogP contribution in [0.3, 0.4) is 0 Å². The fourth-order valence-electron chi connectivity index (χ4n) is 2.62. The number of hydrogen-bond acceptors (Lipinski definition) is 4. The van der Waals surface area contributed by atoms with Gasteiger partial charge in [0, 0.05) is 37.3 Å². The van der Waals surface area contributed by atoms with Crippen molar-refractivity contribution >= 4 is 27.5 Å². The summed E-state index contributed by atoms with van der Waals surface area (Å²) in [5, 5.41) is 2.65. The Hall–Kier alpha value is -1.93. The molecule has 1 aromatic carbocycles. The topological polar surface area (TPSA) is 95.6 Å². The first-order valence-electron chi connectivity index (χ1n) is 7.39. The molecule has 0 aliphatic carbocycles. The van der Waals surface area contributed by atoms with Crippen LogP contribution in [-0.4, -0.2) is 50.5 Å². The van der Waals surface area contributed by atoms with Gasteiger partial charge in [-0.05, 0) is 31.0 Å². The molecule has 23 heavy (non-hydrogen) atoms. The van der Waals surface area contributed by atoms with Crippen molar-refractivity contribution in [1.82, 2.24) is 9.62 Å². The number of likely N-dealkylation sites (tertiary alicyclic amines) is 1. The third-order valence-electron chi connectivity index (χ3n) is 3.59. The fourth-order valence-corrected chi connectivity index (χ4v) is 3.46. The number of rotatable bonds is 4. The molecule has 0 aromatic heterocycles. The number of anilines is 1. The maximum atomic E-state index is 12.5. The third-order valence-corrected chi connectivity index (χ3v) is 4.35. The van der Waals surface area contributed by atoms with Crippen LogP contribution in [0.5, 0.6) is 0 Å². The molecule has 2 amide bonds. The van der Waals surface area contributed by atoms with E-state index >= 15 is 0 Å². The molecule has 1 aromatic rings. The van der Waals surface area contributed by atoms with E-state index in [2.05, 4.69) is 10.0 Å². The summed E-state index contributed by atoms with van der Waals surface area (Å²) in [6.07, 6.45) is 2.31. The monoisotopic (exact) mass is 339 g/mol. The zero-order valence-electron chi connectivity index (χ0n) is 13.2. The van der Waals surface area contributed by atoms with E-state index in [0.717, 1.165) is 6.26 Å². The highest BCUT2D eigenvalue weighted by molar-refractivity contribution is 7.88. The van der Waals surface area contributed by atoms with Gasteiger partial charge in [-0.1, -0.05) is 6.07 Å². The van der Waals surface area contributed by atoms with Crippen LogP contribution in [0.4, 0.5) is 5.69 Å². The molecule has 0 atom stereocenters. The van der Waals surface area contributed by atoms with Gasteiger partial charge < -0.3 is 10.2 Å². The highest BCUT2D eigenvalue weighted by atomic mass is 32.2. The Kier molecular flexibility index (Phi) is 5.38. The molecular formula is C15H21N3O4S. The van der Waals surface area contributed by atoms with E-state index in [-0.39, 0.29) is 17.9 Å². The zero-order valence-corrected chi connectivity index (χ0v) is 14.0. The van der Waals surface area contributed by atoms with E-state index < -0.39 is 10.0 Å². The minimum absolute atomic E-state index is 0.116. The molecule has 2 N–H and O–H groups in total. The molecule has 1 aliphatic heterocycles. The van der Waals surface area contributed by atoms with Crippen LogP contribution in [0.25, 0.3) is 0 Å². The lowest BCUT2D eigenvalue weighted by Crippen LogP contribution is -2.46. The molecule has 1 aliphatic rings. The lowest BCUT2D eigenvalue weighted by atomic mass is 10.0. The standard InChI is InChI=1S/C15H21N3O4S/c1-11(19)16-14-5-3-4-12(10-14)15(20)18-8-6-13(7-9-18)17-23(2,21)22/h3-5,10,13,17H,6-9H2,1-2H3,(H,16,19). The Morgan fingerprint density at radius 1 is 1.22 bits per heavy atom. The first-order chi connectivity index (χ1) is 10.7. The van der Waals surface area contributed by atoms with E-state index in [1.165, 1.54) is 6.92 Å². The summed E-state index contributed by atoms with van der Waals surface area (Å²) in [5.74, 6) is -0.308. The van der Waals surface area contributed by atoms with Crippen molar-refractivity contribution in [3.63, 3.8) is 0 Å². The van der Waals surface area contributed by atoms with Gasteiger partial charge in [0.1, 0.15) is 0 Å². The van der Waals surface area contributed by atoms with Gasteiger partial charge >= 0.3 is 0 Å². The molecule has 1 fully saturated rings. The van der Waals surface area contributed by atoms with E-state index in [1.54, 1.807) is 29.2 Å². The summed E-state index contributed by atoms with van der Waals surface area (Å²) in [7, 11) is -3.22. The molecular weight excluding hydrogens is 318 g/mol. The minimum Gasteiger partial charge on any atom is -0.339 e. The first-order valence-corrected chi connectivity index (χ1v) is 9.28. The largest absolute Gasteiger partial charge is 0.339 e. The molecule has 0 unspecified atom stereocenters. The van der Waals surface area contributed by atoms with Gasteiger partial charge in [0.15, 0.2) is 0 Å². The highest BCUT2D eigenvalue weighted by Crippen LogP contribution is 2.17. The number of carbonyl (C=O) groups excluding carboxylic acids is 2. The van der Waals surface area contributed by atoms with Crippen LogP contribution in [-0.2, 0) is 14.8 Å². The number of amides is 2. The molecule has 0 bridgehead atoms. The predicted molar refractivity (Wildman–Crippen MR) is 87.7 cm³/mol. The minimum atomic E-state index is -3.22. The van der Waals surface area contributed by atoms with E-state index in [1.807, 2.05) is 0 Å². The van der Waals surface area contributed by atoms with Gasteiger partial charge in [-0.2, -0.15) is 0 Å². The Bertz CT molecular complexity index is 694. The van der Waals surface area contributed by atoms with E-state index in [0.29, 0.717) is 37.2 Å². The average molecular weight is 339 g/mol. The Morgan fingerprint density at radius 2 is 1.87 bits per heavy atom. The molecule has 7 nitrogen and oxygen atoms in total. The number of carbonyl (C=O) groups is 2. The SMILES string of the molecule is CC(=O)Nc1cccc(C(=O)N2CCC(NS(C)(=O)=O)CC2)c1. The lowest BCUT2D eigenvalue weighted by molar-refractivity contribution is -0.114. The molecule has 0 spiro atoms. The van der Waals surface area contributed by atoms with Crippen LogP contribution in [0.2, 0.25) is 0 Å². The van der Waals surface area contributed by atoms with Gasteiger partial charge in [-0.3, -0.25) is 9.59 Å². The van der Waals surface area contributed by atoms with Crippen molar-refractivity contribution in [2.45, 2.75) is 25.8 Å². The molecule has 2 rings (SSSR count). The second-order valence-corrected chi connectivity index (χ2v) is 7.50. The Labute approximate surface area is 136 Å². The summed E-state index contributed by atoms with van der Waals surface area (Å²) in [5.41, 5.74) is 1.09. The highest BCUT2D eigenvalue weighted by Gasteiger charge is 2.25. The third kappa shape index (κ3) is 5.33. The number of piperidine rings is 1. The van der Waals surface area contributed by atoms with Gasteiger partial charge in [-0.25, -0.2) is 13.1 Å².